The standard InChI is InChI=1S/C19H23N5O/c1-15-9-13-24(21-15)17-7-5-16(6-8-17)19(25)22-11-2-4-18(14-22)23-12-3-10-20-23/h3,5-8,10,12,18H,2,4,9,11,13-14H2,1H3/t18-/m0/s1. The second-order valence-electron chi connectivity index (χ2n) is 6.79. The number of hydrazone groups is 1. The van der Waals surface area contributed by atoms with Crippen LogP contribution in [0.25, 0.3) is 0 Å². The first kappa shape index (κ1) is 15.9. The Balaban J connectivity index is 1.45. The van der Waals surface area contributed by atoms with Crippen LogP contribution in [0.5, 0.6) is 0 Å². The van der Waals surface area contributed by atoms with E-state index >= 15 is 0 Å². The molecule has 0 N–H and O–H groups in total. The first-order valence-corrected chi connectivity index (χ1v) is 8.91. The zero-order valence-corrected chi connectivity index (χ0v) is 14.5. The quantitative estimate of drug-likeness (QED) is 0.865. The molecule has 0 saturated carbocycles. The molecule has 1 atom stereocenters. The van der Waals surface area contributed by atoms with Gasteiger partial charge in [0.25, 0.3) is 5.91 Å². The van der Waals surface area contributed by atoms with Gasteiger partial charge in [-0.2, -0.15) is 10.2 Å². The van der Waals surface area contributed by atoms with Crippen molar-refractivity contribution in [2.75, 3.05) is 24.6 Å². The van der Waals surface area contributed by atoms with Crippen molar-refractivity contribution in [1.82, 2.24) is 14.7 Å². The summed E-state index contributed by atoms with van der Waals surface area (Å²) in [5, 5.41) is 10.8. The van der Waals surface area contributed by atoms with Crippen molar-refractivity contribution in [2.24, 2.45) is 5.10 Å². The minimum Gasteiger partial charge on any atom is -0.337 e. The Morgan fingerprint density at radius 1 is 1.20 bits per heavy atom. The molecule has 1 saturated heterocycles. The number of piperidine rings is 1. The van der Waals surface area contributed by atoms with Crippen molar-refractivity contribution in [2.45, 2.75) is 32.2 Å². The van der Waals surface area contributed by atoms with Gasteiger partial charge in [-0.3, -0.25) is 14.5 Å². The molecule has 0 spiro atoms. The van der Waals surface area contributed by atoms with Crippen molar-refractivity contribution < 1.29 is 4.79 Å². The molecule has 0 aliphatic carbocycles. The van der Waals surface area contributed by atoms with Crippen LogP contribution in [-0.2, 0) is 0 Å². The fraction of sp³-hybridized carbons (Fsp3) is 0.421. The maximum Gasteiger partial charge on any atom is 0.253 e. The van der Waals surface area contributed by atoms with E-state index in [0.717, 1.165) is 55.9 Å². The highest BCUT2D eigenvalue weighted by Crippen LogP contribution is 2.24. The molecule has 6 nitrogen and oxygen atoms in total. The summed E-state index contributed by atoms with van der Waals surface area (Å²) in [7, 11) is 0. The number of benzene rings is 1. The topological polar surface area (TPSA) is 53.7 Å². The molecule has 1 fully saturated rings. The normalized spacial score (nSPS) is 20.7. The fourth-order valence-corrected chi connectivity index (χ4v) is 3.57. The van der Waals surface area contributed by atoms with Crippen LogP contribution in [0.3, 0.4) is 0 Å². The Bertz CT molecular complexity index is 766. The number of anilines is 1. The minimum absolute atomic E-state index is 0.101. The third kappa shape index (κ3) is 3.29. The Morgan fingerprint density at radius 3 is 2.72 bits per heavy atom. The number of rotatable bonds is 3. The molecule has 1 amide bonds. The number of hydrogen-bond acceptors (Lipinski definition) is 4. The van der Waals surface area contributed by atoms with Crippen molar-refractivity contribution >= 4 is 17.3 Å². The van der Waals surface area contributed by atoms with Crippen LogP contribution in [0.4, 0.5) is 5.69 Å². The van der Waals surface area contributed by atoms with Crippen LogP contribution in [0, 0.1) is 0 Å². The number of nitrogens with zero attached hydrogens (tertiary/aromatic N) is 5. The van der Waals surface area contributed by atoms with Gasteiger partial charge >= 0.3 is 0 Å². The number of carbonyl (C=O) groups is 1. The number of carbonyl (C=O) groups excluding carboxylic acids is 1. The number of aromatic nitrogens is 2. The van der Waals surface area contributed by atoms with Crippen LogP contribution >= 0.6 is 0 Å². The van der Waals surface area contributed by atoms with Gasteiger partial charge in [0, 0.05) is 49.7 Å². The lowest BCUT2D eigenvalue weighted by Crippen LogP contribution is -2.40. The maximum absolute atomic E-state index is 12.9. The van der Waals surface area contributed by atoms with Crippen molar-refractivity contribution in [3.8, 4) is 0 Å². The van der Waals surface area contributed by atoms with Crippen LogP contribution < -0.4 is 5.01 Å². The summed E-state index contributed by atoms with van der Waals surface area (Å²) < 4.78 is 1.97. The fourth-order valence-electron chi connectivity index (χ4n) is 3.57. The molecule has 2 aromatic rings. The first-order valence-electron chi connectivity index (χ1n) is 8.91. The molecule has 1 aromatic carbocycles. The Labute approximate surface area is 147 Å². The molecule has 6 heteroatoms. The minimum atomic E-state index is 0.101. The van der Waals surface area contributed by atoms with Gasteiger partial charge in [0.2, 0.25) is 0 Å². The molecule has 130 valence electrons. The molecule has 25 heavy (non-hydrogen) atoms. The molecule has 0 bridgehead atoms. The smallest absolute Gasteiger partial charge is 0.253 e. The predicted octanol–water partition coefficient (Wildman–Crippen LogP) is 2.95. The Morgan fingerprint density at radius 2 is 2.04 bits per heavy atom. The number of likely N-dealkylation sites (tertiary alicyclic amines) is 1. The maximum atomic E-state index is 12.9. The van der Waals surface area contributed by atoms with Gasteiger partial charge < -0.3 is 4.90 Å². The molecular weight excluding hydrogens is 314 g/mol. The summed E-state index contributed by atoms with van der Waals surface area (Å²) >= 11 is 0. The molecule has 0 radical (unpaired) electrons. The summed E-state index contributed by atoms with van der Waals surface area (Å²) in [6, 6.07) is 10.0. The van der Waals surface area contributed by atoms with Gasteiger partial charge in [0.15, 0.2) is 0 Å². The zero-order valence-electron chi connectivity index (χ0n) is 14.5. The van der Waals surface area contributed by atoms with Crippen LogP contribution in [0.2, 0.25) is 0 Å². The lowest BCUT2D eigenvalue weighted by Gasteiger charge is -2.33. The van der Waals surface area contributed by atoms with E-state index in [-0.39, 0.29) is 11.9 Å². The Hall–Kier alpha value is -2.63. The molecule has 4 rings (SSSR count). The average Bonchev–Trinajstić information content (AvgIpc) is 3.33. The van der Waals surface area contributed by atoms with Crippen molar-refractivity contribution in [3.63, 3.8) is 0 Å². The van der Waals surface area contributed by atoms with E-state index in [0.29, 0.717) is 0 Å². The van der Waals surface area contributed by atoms with E-state index in [9.17, 15) is 4.79 Å². The van der Waals surface area contributed by atoms with Gasteiger partial charge in [-0.15, -0.1) is 0 Å². The van der Waals surface area contributed by atoms with Crippen LogP contribution in [0.1, 0.15) is 42.6 Å². The lowest BCUT2D eigenvalue weighted by atomic mass is 10.0. The summed E-state index contributed by atoms with van der Waals surface area (Å²) in [6.07, 6.45) is 6.85. The first-order chi connectivity index (χ1) is 12.2. The molecule has 3 heterocycles. The van der Waals surface area contributed by atoms with E-state index in [1.807, 2.05) is 58.0 Å². The van der Waals surface area contributed by atoms with E-state index in [2.05, 4.69) is 10.2 Å². The summed E-state index contributed by atoms with van der Waals surface area (Å²) in [5.74, 6) is 0.101. The average molecular weight is 337 g/mol. The van der Waals surface area contributed by atoms with Crippen LogP contribution in [-0.4, -0.2) is 45.9 Å². The number of hydrogen-bond donors (Lipinski definition) is 0. The highest BCUT2D eigenvalue weighted by molar-refractivity contribution is 5.94. The lowest BCUT2D eigenvalue weighted by molar-refractivity contribution is 0.0673. The molecule has 2 aliphatic heterocycles. The number of amides is 1. The third-order valence-corrected chi connectivity index (χ3v) is 4.97. The second kappa shape index (κ2) is 6.70. The van der Waals surface area contributed by atoms with Gasteiger partial charge in [-0.05, 0) is 50.1 Å². The Kier molecular flexibility index (Phi) is 4.26. The summed E-state index contributed by atoms with van der Waals surface area (Å²) in [4.78, 5) is 14.8. The van der Waals surface area contributed by atoms with Gasteiger partial charge in [-0.25, -0.2) is 0 Å². The van der Waals surface area contributed by atoms with Crippen LogP contribution in [0.15, 0.2) is 47.8 Å². The van der Waals surface area contributed by atoms with Gasteiger partial charge in [-0.1, -0.05) is 0 Å². The molecular formula is C19H23N5O. The molecule has 2 aliphatic rings. The van der Waals surface area contributed by atoms with E-state index in [1.54, 1.807) is 6.20 Å². The van der Waals surface area contributed by atoms with E-state index in [1.165, 1.54) is 0 Å². The summed E-state index contributed by atoms with van der Waals surface area (Å²) in [6.45, 7) is 4.49. The van der Waals surface area contributed by atoms with E-state index < -0.39 is 0 Å². The second-order valence-corrected chi connectivity index (χ2v) is 6.79. The third-order valence-electron chi connectivity index (χ3n) is 4.97. The van der Waals surface area contributed by atoms with E-state index in [4.69, 9.17) is 0 Å². The monoisotopic (exact) mass is 337 g/mol. The molecule has 0 unspecified atom stereocenters. The SMILES string of the molecule is CC1=NN(c2ccc(C(=O)N3CCC[C@H](n4cccn4)C3)cc2)CC1. The van der Waals surface area contributed by atoms with Crippen molar-refractivity contribution in [3.05, 3.63) is 48.3 Å². The largest absolute Gasteiger partial charge is 0.337 e. The van der Waals surface area contributed by atoms with Gasteiger partial charge in [0.05, 0.1) is 11.7 Å². The highest BCUT2D eigenvalue weighted by Gasteiger charge is 2.25. The summed E-state index contributed by atoms with van der Waals surface area (Å²) in [5.41, 5.74) is 2.93. The van der Waals surface area contributed by atoms with Gasteiger partial charge in [0.1, 0.15) is 0 Å². The molecule has 1 aromatic heterocycles. The predicted molar refractivity (Wildman–Crippen MR) is 97.9 cm³/mol. The van der Waals surface area contributed by atoms with Crippen molar-refractivity contribution in [1.29, 1.82) is 0 Å². The highest BCUT2D eigenvalue weighted by atomic mass is 16.2. The zero-order chi connectivity index (χ0) is 17.2.